The SMILES string of the molecule is Nc1ccc2c(c1)cc(-c1ccccc1)n2C1CCCCC1. The van der Waals surface area contributed by atoms with Gasteiger partial charge in [-0.15, -0.1) is 0 Å². The van der Waals surface area contributed by atoms with Gasteiger partial charge in [0.15, 0.2) is 0 Å². The van der Waals surface area contributed by atoms with E-state index < -0.39 is 0 Å². The number of aromatic nitrogens is 1. The molecule has 1 fully saturated rings. The minimum atomic E-state index is 0.616. The number of nitrogen functional groups attached to an aromatic ring is 1. The molecule has 1 aliphatic carbocycles. The fourth-order valence-corrected chi connectivity index (χ4v) is 3.82. The Morgan fingerprint density at radius 3 is 2.41 bits per heavy atom. The monoisotopic (exact) mass is 290 g/mol. The predicted octanol–water partition coefficient (Wildman–Crippen LogP) is 5.40. The van der Waals surface area contributed by atoms with E-state index in [0.29, 0.717) is 6.04 Å². The molecular weight excluding hydrogens is 268 g/mol. The van der Waals surface area contributed by atoms with Crippen LogP contribution in [0.25, 0.3) is 22.2 Å². The highest BCUT2D eigenvalue weighted by Crippen LogP contribution is 2.37. The summed E-state index contributed by atoms with van der Waals surface area (Å²) >= 11 is 0. The lowest BCUT2D eigenvalue weighted by Crippen LogP contribution is -2.13. The van der Waals surface area contributed by atoms with Crippen LogP contribution in [0.1, 0.15) is 38.1 Å². The number of fused-ring (bicyclic) bond motifs is 1. The van der Waals surface area contributed by atoms with Crippen molar-refractivity contribution < 1.29 is 0 Å². The Morgan fingerprint density at radius 2 is 1.64 bits per heavy atom. The van der Waals surface area contributed by atoms with E-state index in [4.69, 9.17) is 5.73 Å². The summed E-state index contributed by atoms with van der Waals surface area (Å²) in [6, 6.07) is 20.0. The highest BCUT2D eigenvalue weighted by molar-refractivity contribution is 5.89. The number of rotatable bonds is 2. The summed E-state index contributed by atoms with van der Waals surface area (Å²) in [7, 11) is 0. The molecule has 0 amide bonds. The molecule has 2 N–H and O–H groups in total. The molecule has 3 aromatic rings. The van der Waals surface area contributed by atoms with E-state index in [0.717, 1.165) is 5.69 Å². The number of benzene rings is 2. The highest BCUT2D eigenvalue weighted by Gasteiger charge is 2.20. The van der Waals surface area contributed by atoms with Gasteiger partial charge in [-0.2, -0.15) is 0 Å². The lowest BCUT2D eigenvalue weighted by molar-refractivity contribution is 0.363. The molecule has 1 heterocycles. The van der Waals surface area contributed by atoms with Gasteiger partial charge in [0.05, 0.1) is 0 Å². The molecule has 0 aliphatic heterocycles. The minimum absolute atomic E-state index is 0.616. The number of nitrogens with zero attached hydrogens (tertiary/aromatic N) is 1. The maximum Gasteiger partial charge on any atom is 0.0493 e. The number of hydrogen-bond donors (Lipinski definition) is 1. The van der Waals surface area contributed by atoms with Gasteiger partial charge in [-0.1, -0.05) is 49.6 Å². The van der Waals surface area contributed by atoms with E-state index in [1.807, 2.05) is 6.07 Å². The van der Waals surface area contributed by atoms with E-state index >= 15 is 0 Å². The van der Waals surface area contributed by atoms with Gasteiger partial charge in [0, 0.05) is 28.3 Å². The third kappa shape index (κ3) is 2.29. The number of anilines is 1. The van der Waals surface area contributed by atoms with Crippen molar-refractivity contribution in [2.24, 2.45) is 0 Å². The minimum Gasteiger partial charge on any atom is -0.399 e. The van der Waals surface area contributed by atoms with Crippen molar-refractivity contribution in [2.75, 3.05) is 5.73 Å². The van der Waals surface area contributed by atoms with Crippen molar-refractivity contribution in [1.82, 2.24) is 4.57 Å². The van der Waals surface area contributed by atoms with Crippen LogP contribution in [0.3, 0.4) is 0 Å². The smallest absolute Gasteiger partial charge is 0.0493 e. The van der Waals surface area contributed by atoms with Gasteiger partial charge in [-0.05, 0) is 42.7 Å². The topological polar surface area (TPSA) is 30.9 Å². The molecule has 0 saturated heterocycles. The first-order chi connectivity index (χ1) is 10.8. The van der Waals surface area contributed by atoms with E-state index in [1.165, 1.54) is 54.3 Å². The Hall–Kier alpha value is -2.22. The van der Waals surface area contributed by atoms with E-state index in [2.05, 4.69) is 53.1 Å². The van der Waals surface area contributed by atoms with Crippen LogP contribution in [0.15, 0.2) is 54.6 Å². The van der Waals surface area contributed by atoms with E-state index in [9.17, 15) is 0 Å². The average molecular weight is 290 g/mol. The van der Waals surface area contributed by atoms with E-state index in [-0.39, 0.29) is 0 Å². The van der Waals surface area contributed by atoms with Crippen molar-refractivity contribution in [3.8, 4) is 11.3 Å². The van der Waals surface area contributed by atoms with Crippen LogP contribution < -0.4 is 5.73 Å². The molecule has 0 spiro atoms. The first-order valence-corrected chi connectivity index (χ1v) is 8.29. The van der Waals surface area contributed by atoms with Crippen LogP contribution >= 0.6 is 0 Å². The Kier molecular flexibility index (Phi) is 3.38. The van der Waals surface area contributed by atoms with E-state index in [1.54, 1.807) is 0 Å². The Morgan fingerprint density at radius 1 is 0.864 bits per heavy atom. The molecule has 2 aromatic carbocycles. The van der Waals surface area contributed by atoms with Gasteiger partial charge >= 0.3 is 0 Å². The first kappa shape index (κ1) is 13.4. The van der Waals surface area contributed by atoms with Crippen molar-refractivity contribution in [3.05, 3.63) is 54.6 Å². The first-order valence-electron chi connectivity index (χ1n) is 8.29. The van der Waals surface area contributed by atoms with Crippen molar-refractivity contribution in [1.29, 1.82) is 0 Å². The van der Waals surface area contributed by atoms with Crippen molar-refractivity contribution >= 4 is 16.6 Å². The van der Waals surface area contributed by atoms with Crippen LogP contribution in [-0.2, 0) is 0 Å². The fraction of sp³-hybridized carbons (Fsp3) is 0.300. The lowest BCUT2D eigenvalue weighted by Gasteiger charge is -2.26. The average Bonchev–Trinajstić information content (AvgIpc) is 2.95. The maximum atomic E-state index is 5.99. The fourth-order valence-electron chi connectivity index (χ4n) is 3.82. The molecule has 0 bridgehead atoms. The molecule has 0 radical (unpaired) electrons. The molecule has 2 heteroatoms. The zero-order valence-corrected chi connectivity index (χ0v) is 12.8. The summed E-state index contributed by atoms with van der Waals surface area (Å²) < 4.78 is 2.56. The standard InChI is InChI=1S/C20H22N2/c21-17-11-12-19-16(13-17)14-20(15-7-3-1-4-8-15)22(19)18-9-5-2-6-10-18/h1,3-4,7-8,11-14,18H,2,5-6,9-10,21H2. The molecule has 1 saturated carbocycles. The molecule has 2 nitrogen and oxygen atoms in total. The number of nitrogens with two attached hydrogens (primary N) is 1. The summed E-state index contributed by atoms with van der Waals surface area (Å²) in [6.07, 6.45) is 6.63. The third-order valence-electron chi connectivity index (χ3n) is 4.87. The zero-order valence-electron chi connectivity index (χ0n) is 12.8. The summed E-state index contributed by atoms with van der Waals surface area (Å²) in [5, 5.41) is 1.25. The van der Waals surface area contributed by atoms with Crippen LogP contribution in [0.2, 0.25) is 0 Å². The summed E-state index contributed by atoms with van der Waals surface area (Å²) in [5.41, 5.74) is 10.8. The molecule has 0 atom stereocenters. The van der Waals surface area contributed by atoms with Crippen molar-refractivity contribution in [3.63, 3.8) is 0 Å². The maximum absolute atomic E-state index is 5.99. The molecule has 0 unspecified atom stereocenters. The molecule has 1 aliphatic rings. The largest absolute Gasteiger partial charge is 0.399 e. The van der Waals surface area contributed by atoms with Gasteiger partial charge in [0.1, 0.15) is 0 Å². The van der Waals surface area contributed by atoms with Gasteiger partial charge in [-0.25, -0.2) is 0 Å². The van der Waals surface area contributed by atoms with Crippen LogP contribution in [-0.4, -0.2) is 4.57 Å². The molecule has 112 valence electrons. The predicted molar refractivity (Wildman–Crippen MR) is 93.9 cm³/mol. The normalized spacial score (nSPS) is 16.2. The van der Waals surface area contributed by atoms with Crippen LogP contribution in [0.4, 0.5) is 5.69 Å². The summed E-state index contributed by atoms with van der Waals surface area (Å²) in [5.74, 6) is 0. The second kappa shape index (κ2) is 5.53. The summed E-state index contributed by atoms with van der Waals surface area (Å²) in [6.45, 7) is 0. The van der Waals surface area contributed by atoms with Crippen LogP contribution in [0, 0.1) is 0 Å². The Labute approximate surface area is 131 Å². The lowest BCUT2D eigenvalue weighted by atomic mass is 9.94. The Bertz CT molecular complexity index is 780. The third-order valence-corrected chi connectivity index (χ3v) is 4.87. The van der Waals surface area contributed by atoms with Gasteiger partial charge in [0.25, 0.3) is 0 Å². The van der Waals surface area contributed by atoms with Gasteiger partial charge in [0.2, 0.25) is 0 Å². The Balaban J connectivity index is 1.93. The molecule has 22 heavy (non-hydrogen) atoms. The summed E-state index contributed by atoms with van der Waals surface area (Å²) in [4.78, 5) is 0. The zero-order chi connectivity index (χ0) is 14.9. The second-order valence-electron chi connectivity index (χ2n) is 6.38. The van der Waals surface area contributed by atoms with Gasteiger partial charge in [-0.3, -0.25) is 0 Å². The van der Waals surface area contributed by atoms with Gasteiger partial charge < -0.3 is 10.3 Å². The second-order valence-corrected chi connectivity index (χ2v) is 6.38. The number of hydrogen-bond acceptors (Lipinski definition) is 1. The van der Waals surface area contributed by atoms with Crippen LogP contribution in [0.5, 0.6) is 0 Å². The molecule has 1 aromatic heterocycles. The molecule has 4 rings (SSSR count). The quantitative estimate of drug-likeness (QED) is 0.630. The highest BCUT2D eigenvalue weighted by atomic mass is 15.0. The van der Waals surface area contributed by atoms with Crippen molar-refractivity contribution in [2.45, 2.75) is 38.1 Å². The molecular formula is C20H22N2.